The molecule has 1 aromatic carbocycles. The minimum absolute atomic E-state index is 0.0611. The van der Waals surface area contributed by atoms with Crippen LogP contribution in [0.25, 0.3) is 11.0 Å². The normalized spacial score (nSPS) is 10.9. The Morgan fingerprint density at radius 1 is 1.40 bits per heavy atom. The number of benzene rings is 1. The number of anilines is 1. The van der Waals surface area contributed by atoms with E-state index in [9.17, 15) is 4.79 Å². The van der Waals surface area contributed by atoms with E-state index in [1.54, 1.807) is 0 Å². The summed E-state index contributed by atoms with van der Waals surface area (Å²) in [5, 5.41) is 7.36. The van der Waals surface area contributed by atoms with E-state index in [1.807, 2.05) is 38.1 Å². The van der Waals surface area contributed by atoms with E-state index in [0.717, 1.165) is 5.39 Å². The number of nitrogens with one attached hydrogen (secondary N) is 1. The van der Waals surface area contributed by atoms with Crippen LogP contribution in [-0.4, -0.2) is 11.1 Å². The lowest BCUT2D eigenvalue weighted by Crippen LogP contribution is -2.17. The number of amides is 1. The number of hydrogen-bond acceptors (Lipinski definition) is 3. The summed E-state index contributed by atoms with van der Waals surface area (Å²) in [5.41, 5.74) is 0.677. The lowest BCUT2D eigenvalue weighted by atomic mass is 10.2. The van der Waals surface area contributed by atoms with Crippen LogP contribution in [-0.2, 0) is 4.79 Å². The molecule has 1 aromatic heterocycles. The molecule has 1 amide bonds. The predicted molar refractivity (Wildman–Crippen MR) is 57.5 cm³/mol. The molecule has 0 unspecified atom stereocenters. The Bertz CT molecular complexity index is 488. The zero-order valence-corrected chi connectivity index (χ0v) is 8.65. The second-order valence-electron chi connectivity index (χ2n) is 3.67. The van der Waals surface area contributed by atoms with Crippen LogP contribution in [0.1, 0.15) is 13.8 Å². The van der Waals surface area contributed by atoms with Gasteiger partial charge < -0.3 is 9.84 Å². The highest BCUT2D eigenvalue weighted by Crippen LogP contribution is 2.22. The molecule has 1 heterocycles. The fraction of sp³-hybridized carbons (Fsp3) is 0.273. The van der Waals surface area contributed by atoms with Crippen LogP contribution >= 0.6 is 0 Å². The minimum Gasteiger partial charge on any atom is -0.354 e. The molecular formula is C11H12N2O2. The summed E-state index contributed by atoms with van der Waals surface area (Å²) in [5.74, 6) is 0.360. The van der Waals surface area contributed by atoms with Gasteiger partial charge in [-0.15, -0.1) is 0 Å². The van der Waals surface area contributed by atoms with Gasteiger partial charge in [0.1, 0.15) is 0 Å². The summed E-state index contributed by atoms with van der Waals surface area (Å²) in [6, 6.07) is 7.42. The molecule has 78 valence electrons. The van der Waals surface area contributed by atoms with Gasteiger partial charge in [-0.2, -0.15) is 0 Å². The second kappa shape index (κ2) is 3.73. The Morgan fingerprint density at radius 3 is 2.87 bits per heavy atom. The van der Waals surface area contributed by atoms with Crippen molar-refractivity contribution >= 4 is 22.7 Å². The van der Waals surface area contributed by atoms with Gasteiger partial charge in [0.2, 0.25) is 5.91 Å². The number of hydrogen-bond donors (Lipinski definition) is 1. The first kappa shape index (κ1) is 9.71. The molecule has 0 aliphatic heterocycles. The smallest absolute Gasteiger partial charge is 0.228 e. The molecule has 4 nitrogen and oxygen atoms in total. The number of nitrogens with zero attached hydrogens (tertiary/aromatic N) is 1. The molecular weight excluding hydrogens is 192 g/mol. The maximum absolute atomic E-state index is 11.5. The molecule has 0 spiro atoms. The van der Waals surface area contributed by atoms with E-state index in [1.165, 1.54) is 0 Å². The molecule has 4 heteroatoms. The van der Waals surface area contributed by atoms with Crippen molar-refractivity contribution in [2.45, 2.75) is 13.8 Å². The number of fused-ring (bicyclic) bond motifs is 1. The Kier molecular flexibility index (Phi) is 2.41. The van der Waals surface area contributed by atoms with E-state index in [-0.39, 0.29) is 11.8 Å². The fourth-order valence-corrected chi connectivity index (χ4v) is 1.24. The van der Waals surface area contributed by atoms with Crippen molar-refractivity contribution in [1.82, 2.24) is 5.16 Å². The van der Waals surface area contributed by atoms with Crippen molar-refractivity contribution in [1.29, 1.82) is 0 Å². The fourth-order valence-electron chi connectivity index (χ4n) is 1.24. The average Bonchev–Trinajstić information content (AvgIpc) is 2.62. The summed E-state index contributed by atoms with van der Waals surface area (Å²) < 4.78 is 5.06. The molecule has 0 bridgehead atoms. The van der Waals surface area contributed by atoms with Crippen molar-refractivity contribution in [2.75, 3.05) is 5.32 Å². The van der Waals surface area contributed by atoms with Gasteiger partial charge in [-0.1, -0.05) is 31.1 Å². The Balaban J connectivity index is 2.33. The van der Waals surface area contributed by atoms with Gasteiger partial charge in [0, 0.05) is 5.92 Å². The third-order valence-corrected chi connectivity index (χ3v) is 2.14. The van der Waals surface area contributed by atoms with E-state index in [4.69, 9.17) is 4.52 Å². The third kappa shape index (κ3) is 1.83. The van der Waals surface area contributed by atoms with Gasteiger partial charge in [0.15, 0.2) is 11.4 Å². The summed E-state index contributed by atoms with van der Waals surface area (Å²) in [4.78, 5) is 11.5. The van der Waals surface area contributed by atoms with Crippen LogP contribution in [0.15, 0.2) is 28.8 Å². The Labute approximate surface area is 87.2 Å². The Hall–Kier alpha value is -1.84. The van der Waals surface area contributed by atoms with Gasteiger partial charge in [-0.05, 0) is 12.1 Å². The molecule has 0 saturated heterocycles. The van der Waals surface area contributed by atoms with Gasteiger partial charge in [-0.3, -0.25) is 4.79 Å². The highest BCUT2D eigenvalue weighted by molar-refractivity contribution is 5.99. The molecule has 0 radical (unpaired) electrons. The van der Waals surface area contributed by atoms with Crippen LogP contribution in [0.3, 0.4) is 0 Å². The monoisotopic (exact) mass is 204 g/mol. The summed E-state index contributed by atoms with van der Waals surface area (Å²) in [6.45, 7) is 3.66. The number of aromatic nitrogens is 1. The summed E-state index contributed by atoms with van der Waals surface area (Å²) >= 11 is 0. The summed E-state index contributed by atoms with van der Waals surface area (Å²) in [7, 11) is 0. The average molecular weight is 204 g/mol. The standard InChI is InChI=1S/C11H12N2O2/c1-7(2)11(14)12-10-8-5-3-4-6-9(8)15-13-10/h3-7H,1-2H3,(H,12,13,14). The minimum atomic E-state index is -0.0690. The largest absolute Gasteiger partial charge is 0.354 e. The molecule has 0 saturated carbocycles. The number of carbonyl (C=O) groups excluding carboxylic acids is 1. The maximum atomic E-state index is 11.5. The quantitative estimate of drug-likeness (QED) is 0.817. The van der Waals surface area contributed by atoms with Crippen LogP contribution in [0.2, 0.25) is 0 Å². The second-order valence-corrected chi connectivity index (χ2v) is 3.67. The van der Waals surface area contributed by atoms with Crippen molar-refractivity contribution in [3.63, 3.8) is 0 Å². The van der Waals surface area contributed by atoms with Gasteiger partial charge in [0.25, 0.3) is 0 Å². The number of carbonyl (C=O) groups is 1. The first-order valence-electron chi connectivity index (χ1n) is 4.84. The molecule has 2 rings (SSSR count). The van der Waals surface area contributed by atoms with Crippen molar-refractivity contribution in [3.05, 3.63) is 24.3 Å². The number of rotatable bonds is 2. The third-order valence-electron chi connectivity index (χ3n) is 2.14. The topological polar surface area (TPSA) is 55.1 Å². The molecule has 0 fully saturated rings. The molecule has 15 heavy (non-hydrogen) atoms. The van der Waals surface area contributed by atoms with Crippen molar-refractivity contribution in [2.24, 2.45) is 5.92 Å². The molecule has 1 N–H and O–H groups in total. The molecule has 0 atom stereocenters. The van der Waals surface area contributed by atoms with E-state index in [0.29, 0.717) is 11.4 Å². The lowest BCUT2D eigenvalue weighted by molar-refractivity contribution is -0.118. The van der Waals surface area contributed by atoms with Gasteiger partial charge in [-0.25, -0.2) is 0 Å². The predicted octanol–water partition coefficient (Wildman–Crippen LogP) is 2.42. The highest BCUT2D eigenvalue weighted by Gasteiger charge is 2.12. The summed E-state index contributed by atoms with van der Waals surface area (Å²) in [6.07, 6.45) is 0. The molecule has 0 aliphatic rings. The van der Waals surface area contributed by atoms with E-state index >= 15 is 0 Å². The lowest BCUT2D eigenvalue weighted by Gasteiger charge is -2.03. The van der Waals surface area contributed by atoms with E-state index in [2.05, 4.69) is 10.5 Å². The highest BCUT2D eigenvalue weighted by atomic mass is 16.5. The van der Waals surface area contributed by atoms with Crippen LogP contribution < -0.4 is 5.32 Å². The van der Waals surface area contributed by atoms with Crippen LogP contribution in [0.5, 0.6) is 0 Å². The van der Waals surface area contributed by atoms with Crippen LogP contribution in [0, 0.1) is 5.92 Å². The first-order chi connectivity index (χ1) is 7.18. The zero-order chi connectivity index (χ0) is 10.8. The zero-order valence-electron chi connectivity index (χ0n) is 8.65. The van der Waals surface area contributed by atoms with Crippen molar-refractivity contribution < 1.29 is 9.32 Å². The Morgan fingerprint density at radius 2 is 2.13 bits per heavy atom. The molecule has 0 aliphatic carbocycles. The maximum Gasteiger partial charge on any atom is 0.228 e. The van der Waals surface area contributed by atoms with E-state index < -0.39 is 0 Å². The SMILES string of the molecule is CC(C)C(=O)Nc1noc2ccccc12. The number of para-hydroxylation sites is 1. The van der Waals surface area contributed by atoms with Crippen molar-refractivity contribution in [3.8, 4) is 0 Å². The van der Waals surface area contributed by atoms with Gasteiger partial charge >= 0.3 is 0 Å². The first-order valence-corrected chi connectivity index (χ1v) is 4.84. The van der Waals surface area contributed by atoms with Gasteiger partial charge in [0.05, 0.1) is 5.39 Å². The van der Waals surface area contributed by atoms with Crippen LogP contribution in [0.4, 0.5) is 5.82 Å². The molecule has 2 aromatic rings.